The predicted octanol–water partition coefficient (Wildman–Crippen LogP) is 3.15. The van der Waals surface area contributed by atoms with E-state index in [1.807, 2.05) is 0 Å². The van der Waals surface area contributed by atoms with Gasteiger partial charge in [0.15, 0.2) is 0 Å². The molecule has 2 aromatic rings. The van der Waals surface area contributed by atoms with Crippen molar-refractivity contribution in [1.29, 1.82) is 0 Å². The van der Waals surface area contributed by atoms with Crippen molar-refractivity contribution >= 4 is 11.8 Å². The summed E-state index contributed by atoms with van der Waals surface area (Å²) in [7, 11) is 1.53. The van der Waals surface area contributed by atoms with Crippen LogP contribution in [0.2, 0.25) is 0 Å². The Balaban J connectivity index is 1.23. The molecule has 2 heterocycles. The average Bonchev–Trinajstić information content (AvgIpc) is 3.59. The van der Waals surface area contributed by atoms with Crippen molar-refractivity contribution in [2.24, 2.45) is 0 Å². The van der Waals surface area contributed by atoms with E-state index in [0.717, 1.165) is 37.1 Å². The molecule has 2 amide bonds. The molecule has 31 heavy (non-hydrogen) atoms. The number of rotatable bonds is 9. The minimum absolute atomic E-state index is 0.196. The first-order chi connectivity index (χ1) is 15.1. The molecule has 0 bridgehead atoms. The lowest BCUT2D eigenvalue weighted by molar-refractivity contribution is 0.0747. The third kappa shape index (κ3) is 5.33. The van der Waals surface area contributed by atoms with Crippen LogP contribution in [0.3, 0.4) is 0 Å². The van der Waals surface area contributed by atoms with Gasteiger partial charge < -0.3 is 24.4 Å². The summed E-state index contributed by atoms with van der Waals surface area (Å²) in [6.07, 6.45) is 8.72. The van der Waals surface area contributed by atoms with E-state index in [9.17, 15) is 9.59 Å². The van der Waals surface area contributed by atoms with E-state index >= 15 is 0 Å². The predicted molar refractivity (Wildman–Crippen MR) is 111 cm³/mol. The van der Waals surface area contributed by atoms with Gasteiger partial charge in [-0.2, -0.15) is 0 Å². The Morgan fingerprint density at radius 1 is 0.903 bits per heavy atom. The Morgan fingerprint density at radius 2 is 1.32 bits per heavy atom. The van der Waals surface area contributed by atoms with Crippen LogP contribution in [-0.2, 0) is 4.74 Å². The molecule has 2 fully saturated rings. The first-order valence-corrected chi connectivity index (χ1v) is 11.2. The van der Waals surface area contributed by atoms with Crippen molar-refractivity contribution in [2.45, 2.75) is 69.3 Å². The minimum atomic E-state index is -0.401. The van der Waals surface area contributed by atoms with Gasteiger partial charge in [0.1, 0.15) is 0 Å². The molecule has 0 unspecified atom stereocenters. The van der Waals surface area contributed by atoms with Crippen LogP contribution in [-0.4, -0.2) is 48.4 Å². The highest BCUT2D eigenvalue weighted by atomic mass is 16.5. The zero-order chi connectivity index (χ0) is 21.6. The number of amides is 2. The van der Waals surface area contributed by atoms with Gasteiger partial charge in [0, 0.05) is 44.2 Å². The maximum atomic E-state index is 12.4. The summed E-state index contributed by atoms with van der Waals surface area (Å²) in [6, 6.07) is 3.45. The van der Waals surface area contributed by atoms with Crippen molar-refractivity contribution < 1.29 is 23.4 Å². The molecule has 2 aliphatic carbocycles. The molecule has 0 radical (unpaired) electrons. The quantitative estimate of drug-likeness (QED) is 0.627. The highest BCUT2D eigenvalue weighted by molar-refractivity contribution is 5.92. The smallest absolute Gasteiger partial charge is 0.289 e. The van der Waals surface area contributed by atoms with E-state index < -0.39 is 6.10 Å². The Bertz CT molecular complexity index is 810. The van der Waals surface area contributed by atoms with Crippen LogP contribution < -0.4 is 10.6 Å². The van der Waals surface area contributed by atoms with Crippen molar-refractivity contribution in [1.82, 2.24) is 20.9 Å². The molecule has 0 aliphatic heterocycles. The van der Waals surface area contributed by atoms with Gasteiger partial charge in [-0.1, -0.05) is 36.0 Å². The van der Waals surface area contributed by atoms with Crippen molar-refractivity contribution in [2.75, 3.05) is 20.2 Å². The number of hydrogen-bond donors (Lipinski definition) is 2. The lowest BCUT2D eigenvalue weighted by Crippen LogP contribution is -2.41. The lowest BCUT2D eigenvalue weighted by atomic mass is 10.0. The number of nitrogens with zero attached hydrogens (tertiary/aromatic N) is 2. The average molecular weight is 431 g/mol. The van der Waals surface area contributed by atoms with E-state index in [4.69, 9.17) is 13.8 Å². The number of ether oxygens (including phenoxy) is 1. The molecule has 168 valence electrons. The van der Waals surface area contributed by atoms with Gasteiger partial charge in [-0.05, 0) is 25.7 Å². The Labute approximate surface area is 181 Å². The number of carbonyl (C=O) groups is 2. The number of methoxy groups -OCH3 is 1. The largest absolute Gasteiger partial charge is 0.378 e. The molecule has 9 nitrogen and oxygen atoms in total. The van der Waals surface area contributed by atoms with Crippen molar-refractivity contribution in [3.05, 3.63) is 35.0 Å². The van der Waals surface area contributed by atoms with E-state index in [0.29, 0.717) is 11.8 Å². The molecule has 2 saturated carbocycles. The van der Waals surface area contributed by atoms with Crippen LogP contribution in [0.5, 0.6) is 0 Å². The summed E-state index contributed by atoms with van der Waals surface area (Å²) < 4.78 is 15.8. The number of hydrogen-bond acceptors (Lipinski definition) is 7. The summed E-state index contributed by atoms with van der Waals surface area (Å²) in [6.45, 7) is 0.442. The Hall–Kier alpha value is -2.68. The molecular weight excluding hydrogens is 400 g/mol. The van der Waals surface area contributed by atoms with Crippen LogP contribution in [0.4, 0.5) is 0 Å². The SMILES string of the molecule is COC(CNC(=O)c1cc(C2CCCC2)no1)CNC(=O)c1cc(C2CCCC2)no1. The molecular formula is C22H30N4O5. The maximum Gasteiger partial charge on any atom is 0.289 e. The summed E-state index contributed by atoms with van der Waals surface area (Å²) in [5.41, 5.74) is 1.70. The second-order valence-corrected chi connectivity index (χ2v) is 8.47. The van der Waals surface area contributed by atoms with Crippen LogP contribution in [0.1, 0.15) is 95.7 Å². The number of carbonyl (C=O) groups excluding carboxylic acids is 2. The summed E-state index contributed by atoms with van der Waals surface area (Å²) in [4.78, 5) is 24.7. The Kier molecular flexibility index (Phi) is 7.01. The van der Waals surface area contributed by atoms with Crippen LogP contribution in [0.25, 0.3) is 0 Å². The first kappa shape index (κ1) is 21.5. The lowest BCUT2D eigenvalue weighted by Gasteiger charge is -2.15. The van der Waals surface area contributed by atoms with E-state index in [2.05, 4.69) is 20.9 Å². The second kappa shape index (κ2) is 10.1. The van der Waals surface area contributed by atoms with Gasteiger partial charge in [0.2, 0.25) is 11.5 Å². The fourth-order valence-corrected chi connectivity index (χ4v) is 4.45. The van der Waals surface area contributed by atoms with E-state index in [1.54, 1.807) is 12.1 Å². The molecule has 0 atom stereocenters. The summed E-state index contributed by atoms with van der Waals surface area (Å²) in [5, 5.41) is 13.6. The molecule has 0 saturated heterocycles. The fourth-order valence-electron chi connectivity index (χ4n) is 4.45. The molecule has 2 aliphatic rings. The van der Waals surface area contributed by atoms with Gasteiger partial charge in [0.25, 0.3) is 11.8 Å². The molecule has 2 aromatic heterocycles. The number of aromatic nitrogens is 2. The first-order valence-electron chi connectivity index (χ1n) is 11.2. The van der Waals surface area contributed by atoms with Gasteiger partial charge >= 0.3 is 0 Å². The van der Waals surface area contributed by atoms with Gasteiger partial charge in [0.05, 0.1) is 17.5 Å². The monoisotopic (exact) mass is 430 g/mol. The third-order valence-corrected chi connectivity index (χ3v) is 6.37. The number of nitrogens with one attached hydrogen (secondary N) is 2. The zero-order valence-electron chi connectivity index (χ0n) is 17.9. The highest BCUT2D eigenvalue weighted by Gasteiger charge is 2.24. The zero-order valence-corrected chi connectivity index (χ0v) is 17.9. The van der Waals surface area contributed by atoms with E-state index in [1.165, 1.54) is 32.8 Å². The molecule has 0 spiro atoms. The molecule has 0 aromatic carbocycles. The normalized spacial score (nSPS) is 17.5. The van der Waals surface area contributed by atoms with Crippen molar-refractivity contribution in [3.63, 3.8) is 0 Å². The van der Waals surface area contributed by atoms with Crippen LogP contribution in [0.15, 0.2) is 21.2 Å². The summed E-state index contributed by atoms with van der Waals surface area (Å²) >= 11 is 0. The van der Waals surface area contributed by atoms with Gasteiger partial charge in [-0.15, -0.1) is 0 Å². The standard InChI is InChI=1S/C22H30N4O5/c1-29-16(12-23-21(27)19-10-17(25-30-19)14-6-2-3-7-14)13-24-22(28)20-11-18(26-31-20)15-8-4-5-9-15/h10-11,14-16H,2-9,12-13H2,1H3,(H,23,27)(H,24,28). The maximum absolute atomic E-state index is 12.4. The van der Waals surface area contributed by atoms with Gasteiger partial charge in [-0.25, -0.2) is 0 Å². The van der Waals surface area contributed by atoms with Gasteiger partial charge in [-0.3, -0.25) is 9.59 Å². The Morgan fingerprint density at radius 3 is 1.71 bits per heavy atom. The molecule has 9 heteroatoms. The third-order valence-electron chi connectivity index (χ3n) is 6.37. The molecule has 4 rings (SSSR count). The fraction of sp³-hybridized carbons (Fsp3) is 0.636. The highest BCUT2D eigenvalue weighted by Crippen LogP contribution is 2.34. The minimum Gasteiger partial charge on any atom is -0.378 e. The summed E-state index contributed by atoms with van der Waals surface area (Å²) in [5.74, 6) is 0.474. The van der Waals surface area contributed by atoms with Crippen LogP contribution in [0, 0.1) is 0 Å². The van der Waals surface area contributed by atoms with Crippen LogP contribution >= 0.6 is 0 Å². The second-order valence-electron chi connectivity index (χ2n) is 8.47. The van der Waals surface area contributed by atoms with E-state index in [-0.39, 0.29) is 36.4 Å². The molecule has 2 N–H and O–H groups in total. The topological polar surface area (TPSA) is 119 Å². The van der Waals surface area contributed by atoms with Crippen molar-refractivity contribution in [3.8, 4) is 0 Å².